The lowest BCUT2D eigenvalue weighted by Crippen LogP contribution is -2.23. The first-order valence-electron chi connectivity index (χ1n) is 4.84. The van der Waals surface area contributed by atoms with Gasteiger partial charge < -0.3 is 4.74 Å². The van der Waals surface area contributed by atoms with Gasteiger partial charge in [-0.15, -0.1) is 16.7 Å². The normalized spacial score (nSPS) is 27.0. The molecule has 1 fully saturated rings. The number of hydrogen-bond donors (Lipinski definition) is 0. The summed E-state index contributed by atoms with van der Waals surface area (Å²) in [6.45, 7) is 0. The molecule has 2 rings (SSSR count). The van der Waals surface area contributed by atoms with Crippen molar-refractivity contribution in [2.75, 3.05) is 7.11 Å². The molecule has 0 spiro atoms. The maximum Gasteiger partial charge on any atom is 0.0802 e. The van der Waals surface area contributed by atoms with Crippen LogP contribution in [0.25, 0.3) is 0 Å². The topological polar surface area (TPSA) is 39.9 Å². The Morgan fingerprint density at radius 2 is 2.50 bits per heavy atom. The first-order chi connectivity index (χ1) is 6.86. The third-order valence-corrected chi connectivity index (χ3v) is 3.09. The standard InChI is InChI=1S/C9H14ClN3O/c1-14-9-4-2-3-8(9)13-7(5-10)6-11-12-13/h6,8-9H,2-5H2,1H3. The fourth-order valence-electron chi connectivity index (χ4n) is 2.10. The van der Waals surface area contributed by atoms with Crippen LogP contribution in [0, 0.1) is 0 Å². The van der Waals surface area contributed by atoms with Gasteiger partial charge in [-0.3, -0.25) is 0 Å². The lowest BCUT2D eigenvalue weighted by Gasteiger charge is -2.19. The summed E-state index contributed by atoms with van der Waals surface area (Å²) in [6.07, 6.45) is 5.37. The predicted octanol–water partition coefficient (Wildman–Crippen LogP) is 1.76. The molecule has 14 heavy (non-hydrogen) atoms. The van der Waals surface area contributed by atoms with Gasteiger partial charge in [0.1, 0.15) is 0 Å². The summed E-state index contributed by atoms with van der Waals surface area (Å²) in [5, 5.41) is 7.95. The number of rotatable bonds is 3. The smallest absolute Gasteiger partial charge is 0.0802 e. The third kappa shape index (κ3) is 1.64. The number of halogens is 1. The molecule has 1 aromatic heterocycles. The molecule has 2 unspecified atom stereocenters. The molecule has 4 nitrogen and oxygen atoms in total. The second-order valence-corrected chi connectivity index (χ2v) is 3.84. The van der Waals surface area contributed by atoms with Gasteiger partial charge in [0, 0.05) is 7.11 Å². The van der Waals surface area contributed by atoms with Crippen molar-refractivity contribution in [1.29, 1.82) is 0 Å². The highest BCUT2D eigenvalue weighted by atomic mass is 35.5. The molecule has 0 aliphatic heterocycles. The average Bonchev–Trinajstić information content (AvgIpc) is 2.85. The second kappa shape index (κ2) is 4.28. The quantitative estimate of drug-likeness (QED) is 0.722. The zero-order valence-electron chi connectivity index (χ0n) is 8.19. The van der Waals surface area contributed by atoms with Gasteiger partial charge in [0.2, 0.25) is 0 Å². The van der Waals surface area contributed by atoms with Crippen LogP contribution in [0.3, 0.4) is 0 Å². The third-order valence-electron chi connectivity index (χ3n) is 2.82. The van der Waals surface area contributed by atoms with Crippen LogP contribution in [0.4, 0.5) is 0 Å². The van der Waals surface area contributed by atoms with Crippen LogP contribution in [-0.2, 0) is 10.6 Å². The summed E-state index contributed by atoms with van der Waals surface area (Å²) in [7, 11) is 1.75. The van der Waals surface area contributed by atoms with E-state index in [4.69, 9.17) is 16.3 Å². The lowest BCUT2D eigenvalue weighted by molar-refractivity contribution is 0.0694. The Morgan fingerprint density at radius 1 is 1.64 bits per heavy atom. The monoisotopic (exact) mass is 215 g/mol. The van der Waals surface area contributed by atoms with Crippen molar-refractivity contribution in [3.05, 3.63) is 11.9 Å². The van der Waals surface area contributed by atoms with E-state index in [1.807, 2.05) is 4.68 Å². The molecule has 2 atom stereocenters. The number of ether oxygens (including phenoxy) is 1. The highest BCUT2D eigenvalue weighted by molar-refractivity contribution is 6.16. The summed E-state index contributed by atoms with van der Waals surface area (Å²) in [5.74, 6) is 0.458. The molecule has 0 N–H and O–H groups in total. The molecular weight excluding hydrogens is 202 g/mol. The summed E-state index contributed by atoms with van der Waals surface area (Å²) < 4.78 is 7.33. The van der Waals surface area contributed by atoms with Crippen molar-refractivity contribution in [3.63, 3.8) is 0 Å². The molecule has 0 saturated heterocycles. The lowest BCUT2D eigenvalue weighted by atomic mass is 10.2. The zero-order chi connectivity index (χ0) is 9.97. The molecule has 78 valence electrons. The molecule has 0 bridgehead atoms. The van der Waals surface area contributed by atoms with Crippen molar-refractivity contribution in [3.8, 4) is 0 Å². The van der Waals surface area contributed by atoms with Gasteiger partial charge in [-0.1, -0.05) is 5.21 Å². The number of methoxy groups -OCH3 is 1. The maximum absolute atomic E-state index is 5.80. The predicted molar refractivity (Wildman–Crippen MR) is 53.3 cm³/mol. The summed E-state index contributed by atoms with van der Waals surface area (Å²) in [4.78, 5) is 0. The molecule has 1 aromatic rings. The van der Waals surface area contributed by atoms with E-state index in [-0.39, 0.29) is 6.10 Å². The number of nitrogens with zero attached hydrogens (tertiary/aromatic N) is 3. The van der Waals surface area contributed by atoms with Crippen molar-refractivity contribution < 1.29 is 4.74 Å². The minimum absolute atomic E-state index is 0.263. The average molecular weight is 216 g/mol. The van der Waals surface area contributed by atoms with Gasteiger partial charge in [0.05, 0.1) is 29.9 Å². The Balaban J connectivity index is 2.21. The van der Waals surface area contributed by atoms with Crippen molar-refractivity contribution in [2.24, 2.45) is 0 Å². The van der Waals surface area contributed by atoms with Gasteiger partial charge in [0.15, 0.2) is 0 Å². The van der Waals surface area contributed by atoms with E-state index >= 15 is 0 Å². The minimum atomic E-state index is 0.263. The fourth-order valence-corrected chi connectivity index (χ4v) is 2.29. The van der Waals surface area contributed by atoms with Gasteiger partial charge >= 0.3 is 0 Å². The number of alkyl halides is 1. The highest BCUT2D eigenvalue weighted by Crippen LogP contribution is 2.32. The first kappa shape index (κ1) is 9.93. The van der Waals surface area contributed by atoms with Gasteiger partial charge in [0.25, 0.3) is 0 Å². The van der Waals surface area contributed by atoms with Crippen LogP contribution in [0.15, 0.2) is 6.20 Å². The van der Waals surface area contributed by atoms with Crippen molar-refractivity contribution in [1.82, 2.24) is 15.0 Å². The fraction of sp³-hybridized carbons (Fsp3) is 0.778. The van der Waals surface area contributed by atoms with E-state index in [1.54, 1.807) is 13.3 Å². The SMILES string of the molecule is COC1CCCC1n1nncc1CCl. The molecular formula is C9H14ClN3O. The number of aromatic nitrogens is 3. The Labute approximate surface area is 88.2 Å². The first-order valence-corrected chi connectivity index (χ1v) is 5.38. The summed E-state index contributed by atoms with van der Waals surface area (Å²) in [5.41, 5.74) is 0.973. The number of hydrogen-bond acceptors (Lipinski definition) is 3. The second-order valence-electron chi connectivity index (χ2n) is 3.58. The van der Waals surface area contributed by atoms with E-state index in [0.29, 0.717) is 11.9 Å². The Kier molecular flexibility index (Phi) is 3.03. The molecule has 0 radical (unpaired) electrons. The van der Waals surface area contributed by atoms with E-state index in [2.05, 4.69) is 10.3 Å². The Morgan fingerprint density at radius 3 is 3.21 bits per heavy atom. The summed E-state index contributed by atoms with van der Waals surface area (Å²) >= 11 is 5.80. The molecule has 0 aromatic carbocycles. The van der Waals surface area contributed by atoms with Crippen LogP contribution in [0.5, 0.6) is 0 Å². The van der Waals surface area contributed by atoms with Crippen LogP contribution in [0.2, 0.25) is 0 Å². The highest BCUT2D eigenvalue weighted by Gasteiger charge is 2.30. The van der Waals surface area contributed by atoms with E-state index in [1.165, 1.54) is 6.42 Å². The van der Waals surface area contributed by atoms with E-state index < -0.39 is 0 Å². The van der Waals surface area contributed by atoms with Crippen molar-refractivity contribution >= 4 is 11.6 Å². The van der Waals surface area contributed by atoms with Gasteiger partial charge in [-0.25, -0.2) is 4.68 Å². The van der Waals surface area contributed by atoms with Gasteiger partial charge in [-0.05, 0) is 19.3 Å². The molecule has 1 aliphatic carbocycles. The van der Waals surface area contributed by atoms with Crippen molar-refractivity contribution in [2.45, 2.75) is 37.3 Å². The largest absolute Gasteiger partial charge is 0.379 e. The molecule has 5 heteroatoms. The maximum atomic E-state index is 5.80. The van der Waals surface area contributed by atoms with Gasteiger partial charge in [-0.2, -0.15) is 0 Å². The van der Waals surface area contributed by atoms with E-state index in [9.17, 15) is 0 Å². The van der Waals surface area contributed by atoms with E-state index in [0.717, 1.165) is 18.5 Å². The van der Waals surface area contributed by atoms with Crippen LogP contribution < -0.4 is 0 Å². The zero-order valence-corrected chi connectivity index (χ0v) is 8.94. The summed E-state index contributed by atoms with van der Waals surface area (Å²) in [6, 6.07) is 0.316. The molecule has 1 heterocycles. The molecule has 1 saturated carbocycles. The molecule has 1 aliphatic rings. The van der Waals surface area contributed by atoms with Crippen LogP contribution >= 0.6 is 11.6 Å². The van der Waals surface area contributed by atoms with Crippen LogP contribution in [0.1, 0.15) is 31.0 Å². The van der Waals surface area contributed by atoms with Crippen LogP contribution in [-0.4, -0.2) is 28.2 Å². The Bertz CT molecular complexity index is 302. The Hall–Kier alpha value is -0.610. The minimum Gasteiger partial charge on any atom is -0.379 e. The molecule has 0 amide bonds.